The first kappa shape index (κ1) is 27.1. The first-order chi connectivity index (χ1) is 14.1. The van der Waals surface area contributed by atoms with Crippen LogP contribution >= 0.6 is 11.3 Å². The number of carbonyl (C=O) groups is 2. The highest BCUT2D eigenvalue weighted by atomic mass is 32.1. The molecule has 1 aromatic rings. The van der Waals surface area contributed by atoms with Crippen LogP contribution in [-0.2, 0) is 4.79 Å². The molecule has 0 aliphatic heterocycles. The molecule has 0 fully saturated rings. The van der Waals surface area contributed by atoms with E-state index in [1.54, 1.807) is 0 Å². The van der Waals surface area contributed by atoms with Crippen molar-refractivity contribution >= 4 is 33.4 Å². The fourth-order valence-electron chi connectivity index (χ4n) is 2.03. The van der Waals surface area contributed by atoms with E-state index >= 15 is 0 Å². The zero-order chi connectivity index (χ0) is 25.7. The predicted octanol–water partition coefficient (Wildman–Crippen LogP) is 4.67. The van der Waals surface area contributed by atoms with Gasteiger partial charge in [-0.05, 0) is 0 Å². The van der Waals surface area contributed by atoms with E-state index in [2.05, 4.69) is 0 Å². The number of aldehydes is 1. The van der Waals surface area contributed by atoms with Crippen molar-refractivity contribution in [2.75, 3.05) is 0 Å². The molecule has 1 unspecified atom stereocenters. The third-order valence-corrected chi connectivity index (χ3v) is 4.72. The number of nitro groups is 2. The van der Waals surface area contributed by atoms with Crippen molar-refractivity contribution in [2.45, 2.75) is 29.9 Å². The van der Waals surface area contributed by atoms with Gasteiger partial charge in [-0.15, -0.1) is 0 Å². The second kappa shape index (κ2) is 7.89. The molecular weight excluding hydrogens is 509 g/mol. The quantitative estimate of drug-likeness (QED) is 0.119. The van der Waals surface area contributed by atoms with Gasteiger partial charge in [-0.1, -0.05) is 0 Å². The Kier molecular flexibility index (Phi) is 6.68. The molecule has 32 heavy (non-hydrogen) atoms. The summed E-state index contributed by atoms with van der Waals surface area (Å²) in [6.45, 7) is 0. The van der Waals surface area contributed by atoms with E-state index in [1.165, 1.54) is 0 Å². The molecule has 180 valence electrons. The number of carbonyl (C=O) groups excluding carboxylic acids is 2. The molecule has 1 aromatic heterocycles. The van der Waals surface area contributed by atoms with Gasteiger partial charge in [0.25, 0.3) is 0 Å². The largest absolute Gasteiger partial charge is 0.460 e. The van der Waals surface area contributed by atoms with Gasteiger partial charge in [0.1, 0.15) is 17.8 Å². The first-order valence-electron chi connectivity index (χ1n) is 7.09. The molecule has 1 rings (SSSR count). The molecule has 0 aliphatic carbocycles. The van der Waals surface area contributed by atoms with Crippen molar-refractivity contribution in [1.29, 1.82) is 0 Å². The second-order valence-corrected chi connectivity index (χ2v) is 6.65. The summed E-state index contributed by atoms with van der Waals surface area (Å²) in [4.78, 5) is 41.1. The van der Waals surface area contributed by atoms with E-state index in [9.17, 15) is 78.1 Å². The zero-order valence-electron chi connectivity index (χ0n) is 14.1. The molecular formula is C12H3F11N2O6S. The Balaban J connectivity index is 3.67. The number of rotatable bonds is 9. The van der Waals surface area contributed by atoms with Crippen molar-refractivity contribution in [3.8, 4) is 0 Å². The van der Waals surface area contributed by atoms with Gasteiger partial charge in [0.2, 0.25) is 0 Å². The van der Waals surface area contributed by atoms with E-state index in [0.717, 1.165) is 0 Å². The maximum atomic E-state index is 14.0. The monoisotopic (exact) mass is 512 g/mol. The summed E-state index contributed by atoms with van der Waals surface area (Å²) in [5.74, 6) is -37.8. The molecule has 0 amide bonds. The average molecular weight is 512 g/mol. The molecule has 0 bridgehead atoms. The molecule has 0 saturated heterocycles. The number of hydrogen-bond acceptors (Lipinski definition) is 7. The van der Waals surface area contributed by atoms with E-state index in [1.807, 2.05) is 0 Å². The third-order valence-electron chi connectivity index (χ3n) is 3.68. The van der Waals surface area contributed by atoms with Gasteiger partial charge in [0.05, 0.1) is 9.85 Å². The van der Waals surface area contributed by atoms with Crippen LogP contribution in [0.1, 0.15) is 10.4 Å². The van der Waals surface area contributed by atoms with Gasteiger partial charge in [0.15, 0.2) is 5.78 Å². The summed E-state index contributed by atoms with van der Waals surface area (Å²) in [6.07, 6.45) is -9.06. The fraction of sp³-hybridized carbons (Fsp3) is 0.500. The van der Waals surface area contributed by atoms with Crippen LogP contribution in [0.25, 0.3) is 0 Å². The number of halogens is 11. The minimum Gasteiger partial charge on any atom is -0.302 e. The van der Waals surface area contributed by atoms with Crippen LogP contribution in [-0.4, -0.2) is 51.8 Å². The number of hydrogen-bond donors (Lipinski definition) is 0. The van der Waals surface area contributed by atoms with E-state index in [4.69, 9.17) is 0 Å². The Morgan fingerprint density at radius 1 is 0.875 bits per heavy atom. The van der Waals surface area contributed by atoms with Crippen LogP contribution in [0.4, 0.5) is 58.3 Å². The van der Waals surface area contributed by atoms with Gasteiger partial charge in [-0.25, -0.2) is 0 Å². The van der Waals surface area contributed by atoms with Crippen molar-refractivity contribution in [1.82, 2.24) is 0 Å². The lowest BCUT2D eigenvalue weighted by Gasteiger charge is -2.38. The van der Waals surface area contributed by atoms with Crippen LogP contribution in [0.3, 0.4) is 0 Å². The number of nitrogens with zero attached hydrogens (tertiary/aromatic N) is 2. The summed E-state index contributed by atoms with van der Waals surface area (Å²) >= 11 is -0.521. The van der Waals surface area contributed by atoms with Crippen molar-refractivity contribution in [3.05, 3.63) is 31.9 Å². The normalized spacial score (nSPS) is 14.7. The minimum atomic E-state index is -7.93. The van der Waals surface area contributed by atoms with Crippen LogP contribution in [0.2, 0.25) is 0 Å². The Morgan fingerprint density at radius 3 is 1.69 bits per heavy atom. The average Bonchev–Trinajstić information content (AvgIpc) is 3.06. The predicted molar refractivity (Wildman–Crippen MR) is 77.4 cm³/mol. The molecule has 0 spiro atoms. The summed E-state index contributed by atoms with van der Waals surface area (Å²) in [6, 6.07) is -0.182. The molecule has 8 nitrogen and oxygen atoms in total. The molecule has 0 N–H and O–H groups in total. The van der Waals surface area contributed by atoms with Crippen molar-refractivity contribution in [2.24, 2.45) is 5.92 Å². The molecule has 0 saturated carbocycles. The third kappa shape index (κ3) is 3.86. The number of alkyl halides is 11. The number of thiophene rings is 1. The zero-order valence-corrected chi connectivity index (χ0v) is 15.0. The van der Waals surface area contributed by atoms with E-state index < -0.39 is 84.6 Å². The fourth-order valence-corrected chi connectivity index (χ4v) is 2.82. The van der Waals surface area contributed by atoms with Crippen molar-refractivity contribution in [3.63, 3.8) is 0 Å². The maximum absolute atomic E-state index is 14.0. The van der Waals surface area contributed by atoms with Crippen LogP contribution in [0.15, 0.2) is 6.07 Å². The minimum absolute atomic E-state index is 0.182. The van der Waals surface area contributed by atoms with Crippen molar-refractivity contribution < 1.29 is 67.7 Å². The molecule has 0 aliphatic rings. The Morgan fingerprint density at radius 2 is 1.34 bits per heavy atom. The van der Waals surface area contributed by atoms with E-state index in [-0.39, 0.29) is 6.07 Å². The molecule has 0 aromatic carbocycles. The van der Waals surface area contributed by atoms with Gasteiger partial charge in [-0.3, -0.25) is 25.0 Å². The molecule has 0 radical (unpaired) electrons. The van der Waals surface area contributed by atoms with Gasteiger partial charge in [0, 0.05) is 17.4 Å². The second-order valence-electron chi connectivity index (χ2n) is 5.64. The first-order valence-corrected chi connectivity index (χ1v) is 7.91. The summed E-state index contributed by atoms with van der Waals surface area (Å²) in [5, 5.41) is 18.3. The van der Waals surface area contributed by atoms with Gasteiger partial charge < -0.3 is 4.79 Å². The Hall–Kier alpha value is -2.93. The van der Waals surface area contributed by atoms with Crippen LogP contribution < -0.4 is 0 Å². The summed E-state index contributed by atoms with van der Waals surface area (Å²) < 4.78 is 144. The topological polar surface area (TPSA) is 120 Å². The van der Waals surface area contributed by atoms with Gasteiger partial charge in [-0.2, -0.15) is 48.3 Å². The lowest BCUT2D eigenvalue weighted by atomic mass is 9.85. The standard InChI is InChI=1S/C12H3F11N2O6S/c13-8(14,9(15,16)10(17,18)11(19,20)12(21,22)23)4(2-26)6(27)3-1-5(24(28)29)32-7(3)25(30)31/h1-2,4H. The van der Waals surface area contributed by atoms with Crippen LogP contribution in [0, 0.1) is 26.1 Å². The number of Topliss-reactive ketones (excluding diaryl/α,β-unsaturated/α-hetero) is 1. The molecule has 20 heteroatoms. The SMILES string of the molecule is O=CC(C(=O)c1cc([N+](=O)[O-])sc1[N+](=O)[O-])C(F)(F)C(F)(F)C(F)(F)C(F)(F)C(F)(F)F. The van der Waals surface area contributed by atoms with Crippen LogP contribution in [0.5, 0.6) is 0 Å². The highest BCUT2D eigenvalue weighted by Gasteiger charge is 2.88. The maximum Gasteiger partial charge on any atom is 0.460 e. The van der Waals surface area contributed by atoms with E-state index in [0.29, 0.717) is 0 Å². The Labute approximate surface area is 169 Å². The highest BCUT2D eigenvalue weighted by molar-refractivity contribution is 7.18. The highest BCUT2D eigenvalue weighted by Crippen LogP contribution is 2.59. The Bertz CT molecular complexity index is 958. The smallest absolute Gasteiger partial charge is 0.302 e. The molecule has 1 atom stereocenters. The lowest BCUT2D eigenvalue weighted by molar-refractivity contribution is -0.423. The summed E-state index contributed by atoms with van der Waals surface area (Å²) in [7, 11) is 0. The lowest BCUT2D eigenvalue weighted by Crippen LogP contribution is -2.68. The number of ketones is 1. The summed E-state index contributed by atoms with van der Waals surface area (Å²) in [5.41, 5.74) is -1.86. The van der Waals surface area contributed by atoms with Gasteiger partial charge >= 0.3 is 39.9 Å². The molecule has 1 heterocycles.